The molecule has 2 aromatic carbocycles. The molecule has 0 unspecified atom stereocenters. The van der Waals surface area contributed by atoms with Crippen molar-refractivity contribution in [2.24, 2.45) is 5.41 Å². The first-order valence-corrected chi connectivity index (χ1v) is 17.7. The van der Waals surface area contributed by atoms with Crippen LogP contribution in [0.5, 0.6) is 11.5 Å². The summed E-state index contributed by atoms with van der Waals surface area (Å²) in [7, 11) is -1.30. The van der Waals surface area contributed by atoms with Gasteiger partial charge in [0, 0.05) is 62.4 Å². The number of nitrogens with zero attached hydrogens (tertiary/aromatic N) is 2. The molecule has 0 atom stereocenters. The van der Waals surface area contributed by atoms with Crippen molar-refractivity contribution in [2.45, 2.75) is 39.3 Å². The number of fused-ring (bicyclic) bond motifs is 1. The zero-order chi connectivity index (χ0) is 30.8. The number of anilines is 1. The van der Waals surface area contributed by atoms with E-state index < -0.39 is 37.3 Å². The fourth-order valence-electron chi connectivity index (χ4n) is 4.62. The molecule has 0 bridgehead atoms. The molecule has 228 valence electrons. The van der Waals surface area contributed by atoms with E-state index in [2.05, 4.69) is 35.3 Å². The highest BCUT2D eigenvalue weighted by molar-refractivity contribution is 6.76. The van der Waals surface area contributed by atoms with Crippen molar-refractivity contribution >= 4 is 30.8 Å². The molecular weight excluding hydrogens is 577 g/mol. The maximum atomic E-state index is 15.2. The maximum absolute atomic E-state index is 15.2. The van der Waals surface area contributed by atoms with Crippen molar-refractivity contribution < 1.29 is 32.2 Å². The van der Waals surface area contributed by atoms with Crippen molar-refractivity contribution in [3.8, 4) is 22.6 Å². The van der Waals surface area contributed by atoms with E-state index in [0.29, 0.717) is 48.5 Å². The predicted molar refractivity (Wildman–Crippen MR) is 162 cm³/mol. The van der Waals surface area contributed by atoms with E-state index in [-0.39, 0.29) is 23.6 Å². The minimum atomic E-state index is -1.30. The number of benzene rings is 2. The lowest BCUT2D eigenvalue weighted by Gasteiger charge is -2.37. The third kappa shape index (κ3) is 7.38. The zero-order valence-corrected chi connectivity index (χ0v) is 25.6. The summed E-state index contributed by atoms with van der Waals surface area (Å²) in [6.07, 6.45) is 3.29. The molecule has 2 N–H and O–H groups in total. The van der Waals surface area contributed by atoms with Crippen LogP contribution in [0.15, 0.2) is 54.9 Å². The molecule has 1 saturated heterocycles. The lowest BCUT2D eigenvalue weighted by atomic mass is 9.89. The van der Waals surface area contributed by atoms with E-state index in [9.17, 15) is 9.18 Å². The largest absolute Gasteiger partial charge is 0.450 e. The Morgan fingerprint density at radius 2 is 1.79 bits per heavy atom. The Kier molecular flexibility index (Phi) is 8.81. The van der Waals surface area contributed by atoms with Gasteiger partial charge < -0.3 is 29.4 Å². The van der Waals surface area contributed by atoms with Crippen LogP contribution in [0.25, 0.3) is 22.2 Å². The van der Waals surface area contributed by atoms with Crippen LogP contribution in [0.2, 0.25) is 25.7 Å². The van der Waals surface area contributed by atoms with Crippen LogP contribution in [0, 0.1) is 22.9 Å². The number of amides is 2. The summed E-state index contributed by atoms with van der Waals surface area (Å²) >= 11 is 0. The zero-order valence-electron chi connectivity index (χ0n) is 24.6. The van der Waals surface area contributed by atoms with Crippen LogP contribution in [0.1, 0.15) is 6.92 Å². The number of hydrogen-bond acceptors (Lipinski definition) is 5. The number of ether oxygens (including phenoxy) is 3. The van der Waals surface area contributed by atoms with Crippen LogP contribution in [-0.2, 0) is 16.2 Å². The van der Waals surface area contributed by atoms with Gasteiger partial charge in [-0.15, -0.1) is 0 Å². The number of hydrogen-bond donors (Lipinski definition) is 2. The first-order valence-electron chi connectivity index (χ1n) is 14.0. The summed E-state index contributed by atoms with van der Waals surface area (Å²) < 4.78 is 62.9. The molecule has 1 aliphatic rings. The molecule has 1 aliphatic heterocycles. The van der Waals surface area contributed by atoms with Gasteiger partial charge in [0.25, 0.3) is 0 Å². The first kappa shape index (κ1) is 30.6. The smallest absolute Gasteiger partial charge is 0.319 e. The van der Waals surface area contributed by atoms with Crippen molar-refractivity contribution in [3.63, 3.8) is 0 Å². The van der Waals surface area contributed by atoms with Crippen molar-refractivity contribution in [3.05, 3.63) is 72.3 Å². The van der Waals surface area contributed by atoms with Crippen LogP contribution < -0.4 is 15.4 Å². The molecule has 0 radical (unpaired) electrons. The summed E-state index contributed by atoms with van der Waals surface area (Å²) in [5.41, 5.74) is 1.55. The van der Waals surface area contributed by atoms with Gasteiger partial charge in [-0.05, 0) is 29.8 Å². The van der Waals surface area contributed by atoms with E-state index in [0.717, 1.165) is 18.2 Å². The number of nitrogens with one attached hydrogen (secondary N) is 2. The molecule has 0 spiro atoms. The topological polar surface area (TPSA) is 86.6 Å². The molecule has 12 heteroatoms. The molecule has 8 nitrogen and oxygen atoms in total. The molecule has 4 aromatic rings. The number of aromatic nitrogens is 2. The summed E-state index contributed by atoms with van der Waals surface area (Å²) in [5, 5.41) is 5.63. The van der Waals surface area contributed by atoms with Crippen LogP contribution in [-0.4, -0.2) is 50.0 Å². The van der Waals surface area contributed by atoms with Gasteiger partial charge in [-0.25, -0.2) is 22.9 Å². The van der Waals surface area contributed by atoms with Gasteiger partial charge in [0.1, 0.15) is 23.9 Å². The normalized spacial score (nSPS) is 14.4. The monoisotopic (exact) mass is 612 g/mol. The van der Waals surface area contributed by atoms with Gasteiger partial charge in [-0.1, -0.05) is 38.7 Å². The van der Waals surface area contributed by atoms with Crippen molar-refractivity contribution in [2.75, 3.05) is 31.7 Å². The second kappa shape index (κ2) is 12.4. The summed E-state index contributed by atoms with van der Waals surface area (Å²) in [6.45, 7) is 11.0. The summed E-state index contributed by atoms with van der Waals surface area (Å²) in [4.78, 5) is 16.8. The summed E-state index contributed by atoms with van der Waals surface area (Å²) in [6, 6.07) is 9.78. The van der Waals surface area contributed by atoms with Crippen molar-refractivity contribution in [1.29, 1.82) is 0 Å². The van der Waals surface area contributed by atoms with Crippen LogP contribution >= 0.6 is 0 Å². The molecule has 0 aliphatic carbocycles. The molecule has 2 aromatic heterocycles. The van der Waals surface area contributed by atoms with Crippen molar-refractivity contribution in [1.82, 2.24) is 14.9 Å². The Morgan fingerprint density at radius 1 is 1.09 bits per heavy atom. The highest BCUT2D eigenvalue weighted by Gasteiger charge is 2.33. The number of carbonyl (C=O) groups is 1. The molecule has 3 heterocycles. The molecular formula is C31H35F3N4O4Si. The predicted octanol–water partition coefficient (Wildman–Crippen LogP) is 7.38. The van der Waals surface area contributed by atoms with Gasteiger partial charge >= 0.3 is 6.03 Å². The van der Waals surface area contributed by atoms with E-state index in [1.54, 1.807) is 22.9 Å². The lowest BCUT2D eigenvalue weighted by molar-refractivity contribution is -0.0974. The second-order valence-electron chi connectivity index (χ2n) is 12.4. The molecule has 2 amide bonds. The fraction of sp³-hybridized carbons (Fsp3) is 0.355. The third-order valence-electron chi connectivity index (χ3n) is 7.15. The Bertz CT molecular complexity index is 1600. The number of urea groups is 1. The van der Waals surface area contributed by atoms with Crippen LogP contribution in [0.3, 0.4) is 0 Å². The average molecular weight is 613 g/mol. The van der Waals surface area contributed by atoms with Gasteiger partial charge in [0.15, 0.2) is 17.4 Å². The van der Waals surface area contributed by atoms with E-state index in [1.165, 1.54) is 24.4 Å². The molecule has 1 fully saturated rings. The highest BCUT2D eigenvalue weighted by atomic mass is 28.3. The van der Waals surface area contributed by atoms with Gasteiger partial charge in [0.05, 0.1) is 18.6 Å². The van der Waals surface area contributed by atoms with Gasteiger partial charge in [-0.2, -0.15) is 0 Å². The molecule has 5 rings (SSSR count). The minimum Gasteiger partial charge on any atom is -0.450 e. The second-order valence-corrected chi connectivity index (χ2v) is 18.0. The fourth-order valence-corrected chi connectivity index (χ4v) is 5.38. The van der Waals surface area contributed by atoms with Gasteiger partial charge in [-0.3, -0.25) is 0 Å². The number of carbonyl (C=O) groups excluding carboxylic acids is 1. The standard InChI is InChI=1S/C31H35F3N4O4Si/c1-31(17-41-18-31)16-36-30(39)37-22-13-24(33)28(25(34)14-22)42-26-9-10-35-29-27(26)23(20-5-7-21(32)8-6-20)15-38(29)19-40-11-12-43(2,3)4/h5-10,13-15H,11-12,16-19H2,1-4H3,(H2,36,37,39). The quantitative estimate of drug-likeness (QED) is 0.136. The Morgan fingerprint density at radius 3 is 2.42 bits per heavy atom. The maximum Gasteiger partial charge on any atom is 0.319 e. The van der Waals surface area contributed by atoms with E-state index in [4.69, 9.17) is 14.2 Å². The Hall–Kier alpha value is -3.87. The first-order chi connectivity index (χ1) is 20.4. The average Bonchev–Trinajstić information content (AvgIpc) is 3.30. The highest BCUT2D eigenvalue weighted by Crippen LogP contribution is 2.40. The Labute approximate surface area is 249 Å². The van der Waals surface area contributed by atoms with E-state index in [1.807, 2.05) is 6.92 Å². The lowest BCUT2D eigenvalue weighted by Crippen LogP contribution is -2.49. The minimum absolute atomic E-state index is 0.0663. The van der Waals surface area contributed by atoms with Crippen LogP contribution in [0.4, 0.5) is 23.7 Å². The number of pyridine rings is 1. The van der Waals surface area contributed by atoms with Gasteiger partial charge in [0.2, 0.25) is 0 Å². The number of rotatable bonds is 11. The SMILES string of the molecule is CC1(CNC(=O)Nc2cc(F)c(Oc3ccnc4c3c(-c3ccc(F)cc3)cn4COCC[Si](C)(C)C)c(F)c2)COC1. The summed E-state index contributed by atoms with van der Waals surface area (Å²) in [5.74, 6) is -2.89. The molecule has 0 saturated carbocycles. The van der Waals surface area contributed by atoms with E-state index >= 15 is 8.78 Å². The Balaban J connectivity index is 1.41. The molecule has 43 heavy (non-hydrogen) atoms. The number of halogens is 3. The third-order valence-corrected chi connectivity index (χ3v) is 8.85.